The maximum atomic E-state index is 12.8. The van der Waals surface area contributed by atoms with Gasteiger partial charge in [-0.15, -0.1) is 0 Å². The minimum Gasteiger partial charge on any atom is -0.338 e. The summed E-state index contributed by atoms with van der Waals surface area (Å²) in [7, 11) is -3.96. The van der Waals surface area contributed by atoms with Crippen molar-refractivity contribution in [3.8, 4) is 0 Å². The van der Waals surface area contributed by atoms with Gasteiger partial charge in [0.05, 0.1) is 5.02 Å². The zero-order chi connectivity index (χ0) is 23.9. The van der Waals surface area contributed by atoms with Crippen molar-refractivity contribution in [3.05, 3.63) is 47.5 Å². The number of benzene rings is 2. The molecule has 0 aliphatic heterocycles. The maximum Gasteiger partial charge on any atom is 0.319 e. The summed E-state index contributed by atoms with van der Waals surface area (Å²) >= 11 is 6.18. The van der Waals surface area contributed by atoms with E-state index in [1.165, 1.54) is 18.2 Å². The third-order valence-electron chi connectivity index (χ3n) is 4.37. The minimum absolute atomic E-state index is 0.0297. The summed E-state index contributed by atoms with van der Waals surface area (Å²) < 4.78 is 28.0. The molecule has 0 unspecified atom stereocenters. The van der Waals surface area contributed by atoms with Crippen molar-refractivity contribution in [3.63, 3.8) is 0 Å². The van der Waals surface area contributed by atoms with Crippen LogP contribution in [0.1, 0.15) is 40.5 Å². The van der Waals surface area contributed by atoms with E-state index in [2.05, 4.69) is 20.7 Å². The number of carbonyl (C=O) groups excluding carboxylic acids is 2. The Kier molecular flexibility index (Phi) is 8.51. The number of hydrogen-bond acceptors (Lipinski definition) is 4. The highest BCUT2D eigenvalue weighted by atomic mass is 35.5. The number of carbonyl (C=O) groups is 2. The molecule has 4 N–H and O–H groups in total. The topological polar surface area (TPSA) is 116 Å². The van der Waals surface area contributed by atoms with Gasteiger partial charge in [-0.3, -0.25) is 9.52 Å². The Bertz CT molecular complexity index is 1060. The van der Waals surface area contributed by atoms with Crippen LogP contribution in [0.5, 0.6) is 0 Å². The first kappa shape index (κ1) is 25.5. The average molecular weight is 481 g/mol. The molecule has 0 aromatic heterocycles. The van der Waals surface area contributed by atoms with Gasteiger partial charge in [0.1, 0.15) is 4.90 Å². The number of anilines is 3. The highest BCUT2D eigenvalue weighted by molar-refractivity contribution is 7.92. The number of sulfonamides is 1. The number of unbranched alkanes of at least 4 members (excludes halogenated alkanes) is 1. The molecular weight excluding hydrogens is 452 g/mol. The molecule has 174 valence electrons. The van der Waals surface area contributed by atoms with E-state index < -0.39 is 15.4 Å². The van der Waals surface area contributed by atoms with E-state index in [4.69, 9.17) is 11.6 Å². The van der Waals surface area contributed by atoms with Crippen LogP contribution in [0.15, 0.2) is 47.4 Å². The molecule has 3 amide bonds. The van der Waals surface area contributed by atoms with E-state index in [1.54, 1.807) is 45.0 Å². The lowest BCUT2D eigenvalue weighted by Crippen LogP contribution is -2.29. The van der Waals surface area contributed by atoms with Gasteiger partial charge < -0.3 is 16.0 Å². The van der Waals surface area contributed by atoms with Gasteiger partial charge in [-0.1, -0.05) is 45.7 Å². The second-order valence-electron chi connectivity index (χ2n) is 8.27. The molecular formula is C22H29ClN4O4S. The van der Waals surface area contributed by atoms with Gasteiger partial charge in [0, 0.05) is 29.0 Å². The summed E-state index contributed by atoms with van der Waals surface area (Å²) in [5.41, 5.74) is 0.696. The van der Waals surface area contributed by atoms with Gasteiger partial charge in [0.25, 0.3) is 10.0 Å². The fraction of sp³-hybridized carbons (Fsp3) is 0.364. The van der Waals surface area contributed by atoms with Gasteiger partial charge in [-0.2, -0.15) is 0 Å². The zero-order valence-corrected chi connectivity index (χ0v) is 20.2. The van der Waals surface area contributed by atoms with E-state index in [-0.39, 0.29) is 21.9 Å². The van der Waals surface area contributed by atoms with Crippen molar-refractivity contribution in [2.75, 3.05) is 21.9 Å². The Morgan fingerprint density at radius 2 is 1.53 bits per heavy atom. The van der Waals surface area contributed by atoms with Crippen LogP contribution in [-0.2, 0) is 14.8 Å². The van der Waals surface area contributed by atoms with E-state index in [0.717, 1.165) is 12.8 Å². The van der Waals surface area contributed by atoms with Gasteiger partial charge in [0.2, 0.25) is 5.91 Å². The predicted octanol–water partition coefficient (Wildman–Crippen LogP) is 5.05. The number of urea groups is 1. The molecule has 0 radical (unpaired) electrons. The van der Waals surface area contributed by atoms with E-state index >= 15 is 0 Å². The highest BCUT2D eigenvalue weighted by Gasteiger charge is 2.22. The summed E-state index contributed by atoms with van der Waals surface area (Å²) in [6, 6.07) is 10.1. The van der Waals surface area contributed by atoms with Crippen LogP contribution in [0, 0.1) is 5.41 Å². The third-order valence-corrected chi connectivity index (χ3v) is 6.24. The summed E-state index contributed by atoms with van der Waals surface area (Å²) in [5, 5.41) is 8.07. The largest absolute Gasteiger partial charge is 0.338 e. The Morgan fingerprint density at radius 3 is 2.09 bits per heavy atom. The second kappa shape index (κ2) is 10.7. The molecule has 0 saturated heterocycles. The van der Waals surface area contributed by atoms with Crippen LogP contribution in [0.25, 0.3) is 0 Å². The van der Waals surface area contributed by atoms with Crippen LogP contribution in [0.3, 0.4) is 0 Å². The number of halogens is 1. The molecule has 10 heteroatoms. The molecule has 0 bridgehead atoms. The standard InChI is InChI=1S/C22H29ClN4O4S/c1-5-6-13-24-21(29)26-17-11-12-19(18(23)14-17)32(30,31)27-16-9-7-15(8-10-16)25-20(28)22(2,3)4/h7-12,14,27H,5-6,13H2,1-4H3,(H,25,28)(H2,24,26,29). The molecule has 0 saturated carbocycles. The first-order valence-electron chi connectivity index (χ1n) is 10.2. The molecule has 2 rings (SSSR count). The van der Waals surface area contributed by atoms with Crippen LogP contribution in [0.2, 0.25) is 5.02 Å². The SMILES string of the molecule is CCCCNC(=O)Nc1ccc(S(=O)(=O)Nc2ccc(NC(=O)C(C)(C)C)cc2)c(Cl)c1. The Morgan fingerprint density at radius 1 is 0.938 bits per heavy atom. The van der Waals surface area contributed by atoms with Gasteiger partial charge >= 0.3 is 6.03 Å². The van der Waals surface area contributed by atoms with Crippen LogP contribution in [-0.4, -0.2) is 26.9 Å². The number of hydrogen-bond donors (Lipinski definition) is 4. The molecule has 0 aliphatic rings. The van der Waals surface area contributed by atoms with Crippen molar-refractivity contribution < 1.29 is 18.0 Å². The maximum absolute atomic E-state index is 12.8. The van der Waals surface area contributed by atoms with Crippen molar-refractivity contribution in [2.24, 2.45) is 5.41 Å². The molecule has 0 aliphatic carbocycles. The molecule has 0 heterocycles. The lowest BCUT2D eigenvalue weighted by Gasteiger charge is -2.18. The Balaban J connectivity index is 2.07. The summed E-state index contributed by atoms with van der Waals surface area (Å²) in [4.78, 5) is 23.8. The molecule has 32 heavy (non-hydrogen) atoms. The molecule has 0 fully saturated rings. The lowest BCUT2D eigenvalue weighted by atomic mass is 9.95. The molecule has 0 spiro atoms. The van der Waals surface area contributed by atoms with Gasteiger partial charge in [-0.25, -0.2) is 13.2 Å². The normalized spacial score (nSPS) is 11.5. The van der Waals surface area contributed by atoms with E-state index in [0.29, 0.717) is 23.6 Å². The summed E-state index contributed by atoms with van der Waals surface area (Å²) in [5.74, 6) is -0.148. The zero-order valence-electron chi connectivity index (χ0n) is 18.6. The monoisotopic (exact) mass is 480 g/mol. The van der Waals surface area contributed by atoms with Crippen LogP contribution >= 0.6 is 11.6 Å². The number of amides is 3. The van der Waals surface area contributed by atoms with Crippen molar-refractivity contribution in [1.29, 1.82) is 0 Å². The molecule has 0 atom stereocenters. The van der Waals surface area contributed by atoms with Crippen LogP contribution < -0.4 is 20.7 Å². The van der Waals surface area contributed by atoms with Crippen molar-refractivity contribution in [2.45, 2.75) is 45.4 Å². The van der Waals surface area contributed by atoms with Gasteiger partial charge in [-0.05, 0) is 48.9 Å². The minimum atomic E-state index is -3.96. The first-order chi connectivity index (χ1) is 14.9. The Labute approximate surface area is 194 Å². The fourth-order valence-electron chi connectivity index (χ4n) is 2.50. The third kappa shape index (κ3) is 7.42. The first-order valence-corrected chi connectivity index (χ1v) is 12.1. The smallest absolute Gasteiger partial charge is 0.319 e. The molecule has 2 aromatic rings. The average Bonchev–Trinajstić information content (AvgIpc) is 2.68. The second-order valence-corrected chi connectivity index (χ2v) is 10.3. The van der Waals surface area contributed by atoms with Gasteiger partial charge in [0.15, 0.2) is 0 Å². The van der Waals surface area contributed by atoms with E-state index in [1.807, 2.05) is 6.92 Å². The van der Waals surface area contributed by atoms with Crippen LogP contribution in [0.4, 0.5) is 21.9 Å². The molecule has 2 aromatic carbocycles. The molecule has 8 nitrogen and oxygen atoms in total. The van der Waals surface area contributed by atoms with E-state index in [9.17, 15) is 18.0 Å². The predicted molar refractivity (Wildman–Crippen MR) is 129 cm³/mol. The quantitative estimate of drug-likeness (QED) is 0.395. The summed E-state index contributed by atoms with van der Waals surface area (Å²) in [6.07, 6.45) is 1.82. The summed E-state index contributed by atoms with van der Waals surface area (Å²) in [6.45, 7) is 7.97. The fourth-order valence-corrected chi connectivity index (χ4v) is 4.11. The van der Waals surface area contributed by atoms with Crippen molar-refractivity contribution in [1.82, 2.24) is 5.32 Å². The highest BCUT2D eigenvalue weighted by Crippen LogP contribution is 2.27. The van der Waals surface area contributed by atoms with Crippen molar-refractivity contribution >= 4 is 50.6 Å². The number of nitrogens with one attached hydrogen (secondary N) is 4. The lowest BCUT2D eigenvalue weighted by molar-refractivity contribution is -0.123. The number of rotatable bonds is 8. The Hall–Kier alpha value is -2.78.